The lowest BCUT2D eigenvalue weighted by Gasteiger charge is -2.28. The van der Waals surface area contributed by atoms with Gasteiger partial charge in [-0.15, -0.1) is 0 Å². The molecule has 190 valence electrons. The Balaban J connectivity index is 1.39. The number of carbonyl (C=O) groups is 1. The van der Waals surface area contributed by atoms with Crippen LogP contribution in [0.5, 0.6) is 5.75 Å². The van der Waals surface area contributed by atoms with Crippen molar-refractivity contribution in [2.75, 3.05) is 6.61 Å². The molecule has 2 aromatic carbocycles. The number of carboxylic acid groups (broad SMARTS) is 1. The van der Waals surface area contributed by atoms with Gasteiger partial charge in [0.1, 0.15) is 11.3 Å². The van der Waals surface area contributed by atoms with Crippen molar-refractivity contribution in [3.8, 4) is 22.6 Å². The van der Waals surface area contributed by atoms with Gasteiger partial charge in [-0.2, -0.15) is 5.10 Å². The summed E-state index contributed by atoms with van der Waals surface area (Å²) in [5, 5.41) is 23.5. The molecular weight excluding hydrogens is 452 g/mol. The number of aromatic nitrogens is 2. The number of aromatic carboxylic acids is 1. The smallest absolute Gasteiger partial charge is 0.339 e. The number of hydrogen-bond donors (Lipinski definition) is 2. The lowest BCUT2D eigenvalue weighted by atomic mass is 9.86. The molecule has 0 spiro atoms. The number of carboxylic acids is 1. The van der Waals surface area contributed by atoms with Gasteiger partial charge in [0.25, 0.3) is 0 Å². The molecule has 0 amide bonds. The fourth-order valence-corrected chi connectivity index (χ4v) is 5.82. The first-order valence-corrected chi connectivity index (χ1v) is 13.3. The average molecular weight is 489 g/mol. The van der Waals surface area contributed by atoms with Gasteiger partial charge in [-0.1, -0.05) is 43.5 Å². The van der Waals surface area contributed by atoms with Gasteiger partial charge in [0.15, 0.2) is 0 Å². The molecule has 6 nitrogen and oxygen atoms in total. The number of aliphatic hydroxyl groups excluding tert-OH is 1. The molecule has 0 bridgehead atoms. The molecule has 3 aromatic rings. The topological polar surface area (TPSA) is 84.6 Å². The Bertz CT molecular complexity index is 1200. The molecule has 2 aliphatic carbocycles. The summed E-state index contributed by atoms with van der Waals surface area (Å²) in [7, 11) is 0. The zero-order valence-electron chi connectivity index (χ0n) is 21.0. The maximum Gasteiger partial charge on any atom is 0.339 e. The van der Waals surface area contributed by atoms with Crippen molar-refractivity contribution in [3.63, 3.8) is 0 Å². The lowest BCUT2D eigenvalue weighted by Crippen LogP contribution is -2.25. The molecule has 5 rings (SSSR count). The molecule has 36 heavy (non-hydrogen) atoms. The van der Waals surface area contributed by atoms with E-state index >= 15 is 0 Å². The summed E-state index contributed by atoms with van der Waals surface area (Å²) in [5.41, 5.74) is 3.98. The predicted molar refractivity (Wildman–Crippen MR) is 140 cm³/mol. The van der Waals surface area contributed by atoms with E-state index in [4.69, 9.17) is 4.74 Å². The Hall–Kier alpha value is -3.12. The van der Waals surface area contributed by atoms with Crippen LogP contribution in [-0.2, 0) is 0 Å². The van der Waals surface area contributed by atoms with Crippen LogP contribution in [0.15, 0.2) is 54.7 Å². The molecule has 1 unspecified atom stereocenters. The predicted octanol–water partition coefficient (Wildman–Crippen LogP) is 6.46. The van der Waals surface area contributed by atoms with Gasteiger partial charge in [-0.05, 0) is 86.3 Å². The zero-order chi connectivity index (χ0) is 25.1. The molecule has 1 aromatic heterocycles. The molecule has 3 atom stereocenters. The summed E-state index contributed by atoms with van der Waals surface area (Å²) in [5.74, 6) is 1.11. The molecule has 0 radical (unpaired) electrons. The zero-order valence-corrected chi connectivity index (χ0v) is 21.0. The summed E-state index contributed by atoms with van der Waals surface area (Å²) in [6.07, 6.45) is 10.7. The Kier molecular flexibility index (Phi) is 7.42. The second-order valence-electron chi connectivity index (χ2n) is 10.4. The van der Waals surface area contributed by atoms with Crippen molar-refractivity contribution in [1.29, 1.82) is 0 Å². The second kappa shape index (κ2) is 10.9. The van der Waals surface area contributed by atoms with Gasteiger partial charge in [-0.3, -0.25) is 0 Å². The van der Waals surface area contributed by atoms with Crippen molar-refractivity contribution in [1.82, 2.24) is 9.78 Å². The van der Waals surface area contributed by atoms with Crippen molar-refractivity contribution < 1.29 is 19.7 Å². The number of ether oxygens (including phenoxy) is 1. The fraction of sp³-hybridized carbons (Fsp3) is 0.467. The summed E-state index contributed by atoms with van der Waals surface area (Å²) in [6, 6.07) is 16.3. The van der Waals surface area contributed by atoms with Crippen LogP contribution >= 0.6 is 0 Å². The van der Waals surface area contributed by atoms with Gasteiger partial charge in [0.2, 0.25) is 0 Å². The van der Waals surface area contributed by atoms with Crippen LogP contribution in [-0.4, -0.2) is 38.7 Å². The summed E-state index contributed by atoms with van der Waals surface area (Å²) < 4.78 is 8.16. The Morgan fingerprint density at radius 1 is 1.11 bits per heavy atom. The van der Waals surface area contributed by atoms with E-state index in [1.165, 1.54) is 38.3 Å². The van der Waals surface area contributed by atoms with E-state index in [0.717, 1.165) is 47.5 Å². The Morgan fingerprint density at radius 2 is 1.86 bits per heavy atom. The highest BCUT2D eigenvalue weighted by Gasteiger charge is 2.42. The minimum Gasteiger partial charge on any atom is -0.490 e. The Labute approximate surface area is 212 Å². The van der Waals surface area contributed by atoms with Gasteiger partial charge in [-0.25, -0.2) is 9.48 Å². The molecule has 2 N–H and O–H groups in total. The van der Waals surface area contributed by atoms with Gasteiger partial charge in [0.05, 0.1) is 23.7 Å². The van der Waals surface area contributed by atoms with E-state index in [1.54, 1.807) is 4.68 Å². The van der Waals surface area contributed by atoms with Crippen molar-refractivity contribution in [3.05, 3.63) is 66.0 Å². The largest absolute Gasteiger partial charge is 0.490 e. The van der Waals surface area contributed by atoms with E-state index in [1.807, 2.05) is 24.3 Å². The number of hydrogen-bond acceptors (Lipinski definition) is 4. The first-order valence-electron chi connectivity index (χ1n) is 13.3. The van der Waals surface area contributed by atoms with Crippen molar-refractivity contribution in [2.45, 2.75) is 70.3 Å². The molecule has 0 saturated heterocycles. The molecule has 1 heterocycles. The van der Waals surface area contributed by atoms with E-state index < -0.39 is 5.97 Å². The number of nitrogens with zero attached hydrogens (tertiary/aromatic N) is 2. The fourth-order valence-electron chi connectivity index (χ4n) is 5.82. The summed E-state index contributed by atoms with van der Waals surface area (Å²) in [6.45, 7) is 2.35. The number of rotatable bonds is 10. The lowest BCUT2D eigenvalue weighted by molar-refractivity contribution is 0.0695. The molecule has 2 aliphatic rings. The molecule has 6 heteroatoms. The van der Waals surface area contributed by atoms with Crippen LogP contribution in [0.25, 0.3) is 16.8 Å². The van der Waals surface area contributed by atoms with Crippen LogP contribution in [0.1, 0.15) is 80.3 Å². The average Bonchev–Trinajstić information content (AvgIpc) is 3.53. The van der Waals surface area contributed by atoms with Crippen molar-refractivity contribution in [2.24, 2.45) is 11.8 Å². The van der Waals surface area contributed by atoms with E-state index in [9.17, 15) is 15.0 Å². The maximum atomic E-state index is 11.9. The summed E-state index contributed by atoms with van der Waals surface area (Å²) >= 11 is 0. The third-order valence-corrected chi connectivity index (χ3v) is 7.94. The third-order valence-electron chi connectivity index (χ3n) is 7.94. The first kappa shape index (κ1) is 24.6. The SMILES string of the molecule is CC(Oc1cccc(-c2cccc(-n3ncc(C(=O)O)c3[C@@H]3C[C@H]3CCCO)c2)c1)C1CCCCC1. The minimum atomic E-state index is -0.947. The van der Waals surface area contributed by atoms with Crippen LogP contribution in [0.2, 0.25) is 0 Å². The highest BCUT2D eigenvalue weighted by molar-refractivity contribution is 5.89. The molecular formula is C30H36N2O4. The van der Waals surface area contributed by atoms with Gasteiger partial charge in [0, 0.05) is 12.5 Å². The normalized spacial score (nSPS) is 20.7. The van der Waals surface area contributed by atoms with E-state index in [0.29, 0.717) is 11.8 Å². The molecule has 2 saturated carbocycles. The number of aliphatic hydroxyl groups is 1. The van der Waals surface area contributed by atoms with Crippen LogP contribution in [0.4, 0.5) is 0 Å². The van der Waals surface area contributed by atoms with Gasteiger partial charge < -0.3 is 14.9 Å². The third kappa shape index (κ3) is 5.34. The highest BCUT2D eigenvalue weighted by Crippen LogP contribution is 2.51. The van der Waals surface area contributed by atoms with E-state index in [2.05, 4.69) is 36.3 Å². The first-order chi connectivity index (χ1) is 17.5. The van der Waals surface area contributed by atoms with Crippen LogP contribution in [0, 0.1) is 11.8 Å². The van der Waals surface area contributed by atoms with E-state index in [-0.39, 0.29) is 24.2 Å². The van der Waals surface area contributed by atoms with Crippen LogP contribution < -0.4 is 4.74 Å². The van der Waals surface area contributed by atoms with Crippen molar-refractivity contribution >= 4 is 5.97 Å². The molecule has 2 fully saturated rings. The molecule has 0 aliphatic heterocycles. The minimum absolute atomic E-state index is 0.159. The summed E-state index contributed by atoms with van der Waals surface area (Å²) in [4.78, 5) is 11.9. The quantitative estimate of drug-likeness (QED) is 0.342. The Morgan fingerprint density at radius 3 is 2.61 bits per heavy atom. The van der Waals surface area contributed by atoms with Gasteiger partial charge >= 0.3 is 5.97 Å². The number of benzene rings is 2. The standard InChI is InChI=1S/C30H36N2O4/c1-20(21-8-3-2-4-9-21)36-26-14-6-11-23(17-26)22-10-5-13-25(16-22)32-29(28(19-31-32)30(34)35)27-18-24(27)12-7-15-33/h5-6,10-11,13-14,16-17,19-21,24,27,33H,2-4,7-9,12,15,18H2,1H3,(H,34,35)/t20?,24-,27-/m1/s1. The maximum absolute atomic E-state index is 11.9. The monoisotopic (exact) mass is 488 g/mol. The highest BCUT2D eigenvalue weighted by atomic mass is 16.5. The second-order valence-corrected chi connectivity index (χ2v) is 10.4. The van der Waals surface area contributed by atoms with Crippen LogP contribution in [0.3, 0.4) is 0 Å².